The summed E-state index contributed by atoms with van der Waals surface area (Å²) in [6.07, 6.45) is 1.07. The maximum atomic E-state index is 14.3. The van der Waals surface area contributed by atoms with Gasteiger partial charge in [0.05, 0.1) is 24.8 Å². The van der Waals surface area contributed by atoms with Crippen molar-refractivity contribution in [2.24, 2.45) is 0 Å². The molecule has 3 aromatic carbocycles. The number of carbonyl (C=O) groups is 2. The zero-order valence-corrected chi connectivity index (χ0v) is 26.0. The van der Waals surface area contributed by atoms with Gasteiger partial charge in [-0.05, 0) is 62.1 Å². The molecule has 0 radical (unpaired) electrons. The number of benzene rings is 3. The smallest absolute Gasteiger partial charge is 0.264 e. The Morgan fingerprint density at radius 3 is 2.17 bits per heavy atom. The van der Waals surface area contributed by atoms with Crippen molar-refractivity contribution < 1.29 is 27.5 Å². The van der Waals surface area contributed by atoms with E-state index in [2.05, 4.69) is 5.32 Å². The lowest BCUT2D eigenvalue weighted by atomic mass is 10.1. The second-order valence-electron chi connectivity index (χ2n) is 10.1. The normalized spacial score (nSPS) is 12.6. The van der Waals surface area contributed by atoms with E-state index in [1.165, 1.54) is 37.3 Å². The van der Waals surface area contributed by atoms with Crippen molar-refractivity contribution >= 4 is 27.5 Å². The van der Waals surface area contributed by atoms with Crippen molar-refractivity contribution in [2.45, 2.75) is 64.1 Å². The van der Waals surface area contributed by atoms with Gasteiger partial charge in [-0.3, -0.25) is 13.9 Å². The summed E-state index contributed by atoms with van der Waals surface area (Å²) in [5.41, 5.74) is 1.95. The Morgan fingerprint density at radius 2 is 1.57 bits per heavy atom. The molecule has 0 heterocycles. The Kier molecular flexibility index (Phi) is 11.4. The van der Waals surface area contributed by atoms with E-state index in [1.807, 2.05) is 52.0 Å². The van der Waals surface area contributed by atoms with E-state index in [0.29, 0.717) is 12.2 Å². The number of carbonyl (C=O) groups excluding carboxylic acids is 2. The summed E-state index contributed by atoms with van der Waals surface area (Å²) in [5, 5.41) is 2.99. The van der Waals surface area contributed by atoms with Crippen LogP contribution in [0.1, 0.15) is 44.7 Å². The van der Waals surface area contributed by atoms with E-state index in [9.17, 15) is 18.0 Å². The molecule has 3 rings (SSSR count). The molecule has 1 N–H and O–H groups in total. The SMILES string of the molecule is CC[C@H](C)NC(=O)[C@H](CC)N(Cc1ccccc1C)C(=O)CN(c1cc(OC)ccc1OC)S(=O)(=O)c1ccccc1. The molecule has 3 aromatic rings. The van der Waals surface area contributed by atoms with Gasteiger partial charge < -0.3 is 19.7 Å². The van der Waals surface area contributed by atoms with Crippen LogP contribution in [0.5, 0.6) is 11.5 Å². The van der Waals surface area contributed by atoms with Crippen molar-refractivity contribution in [3.8, 4) is 11.5 Å². The minimum absolute atomic E-state index is 0.00896. The molecule has 0 aliphatic rings. The van der Waals surface area contributed by atoms with E-state index in [-0.39, 0.29) is 34.8 Å². The van der Waals surface area contributed by atoms with Crippen LogP contribution in [0.3, 0.4) is 0 Å². The number of aryl methyl sites for hydroxylation is 1. The molecule has 9 nitrogen and oxygen atoms in total. The Morgan fingerprint density at radius 1 is 0.905 bits per heavy atom. The average Bonchev–Trinajstić information content (AvgIpc) is 3.00. The average molecular weight is 596 g/mol. The third-order valence-corrected chi connectivity index (χ3v) is 9.03. The van der Waals surface area contributed by atoms with E-state index >= 15 is 0 Å². The van der Waals surface area contributed by atoms with Crippen LogP contribution in [0.2, 0.25) is 0 Å². The summed E-state index contributed by atoms with van der Waals surface area (Å²) in [4.78, 5) is 29.2. The van der Waals surface area contributed by atoms with Crippen LogP contribution in [0, 0.1) is 6.92 Å². The first-order chi connectivity index (χ1) is 20.1. The van der Waals surface area contributed by atoms with Gasteiger partial charge in [-0.25, -0.2) is 8.42 Å². The number of hydrogen-bond acceptors (Lipinski definition) is 6. The van der Waals surface area contributed by atoms with Crippen molar-refractivity contribution in [1.82, 2.24) is 10.2 Å². The molecular formula is C32H41N3O6S. The van der Waals surface area contributed by atoms with Gasteiger partial charge in [0.25, 0.3) is 10.0 Å². The Hall–Kier alpha value is -4.05. The number of nitrogens with one attached hydrogen (secondary N) is 1. The monoisotopic (exact) mass is 595 g/mol. The van der Waals surface area contributed by atoms with Gasteiger partial charge in [-0.15, -0.1) is 0 Å². The third kappa shape index (κ3) is 7.61. The Labute approximate surface area is 249 Å². The van der Waals surface area contributed by atoms with Gasteiger partial charge in [0, 0.05) is 18.7 Å². The van der Waals surface area contributed by atoms with Crippen LogP contribution in [0.25, 0.3) is 0 Å². The predicted octanol–water partition coefficient (Wildman–Crippen LogP) is 4.93. The van der Waals surface area contributed by atoms with Gasteiger partial charge in [0.1, 0.15) is 24.1 Å². The molecule has 10 heteroatoms. The minimum atomic E-state index is -4.25. The highest BCUT2D eigenvalue weighted by Crippen LogP contribution is 2.36. The zero-order chi connectivity index (χ0) is 30.9. The van der Waals surface area contributed by atoms with E-state index < -0.39 is 28.5 Å². The zero-order valence-electron chi connectivity index (χ0n) is 25.2. The van der Waals surface area contributed by atoms with Gasteiger partial charge in [0.2, 0.25) is 11.8 Å². The van der Waals surface area contributed by atoms with Crippen LogP contribution in [0.4, 0.5) is 5.69 Å². The molecule has 0 fully saturated rings. The topological polar surface area (TPSA) is 105 Å². The molecule has 0 aromatic heterocycles. The third-order valence-electron chi connectivity index (χ3n) is 7.25. The van der Waals surface area contributed by atoms with Gasteiger partial charge in [-0.2, -0.15) is 0 Å². The number of rotatable bonds is 14. The summed E-state index contributed by atoms with van der Waals surface area (Å²) in [5.74, 6) is -0.184. The number of methoxy groups -OCH3 is 2. The number of sulfonamides is 1. The maximum Gasteiger partial charge on any atom is 0.264 e. The van der Waals surface area contributed by atoms with Gasteiger partial charge in [0.15, 0.2) is 0 Å². The summed E-state index contributed by atoms with van der Waals surface area (Å²) in [6, 6.07) is 19.4. The van der Waals surface area contributed by atoms with Gasteiger partial charge in [-0.1, -0.05) is 56.3 Å². The van der Waals surface area contributed by atoms with E-state index in [4.69, 9.17) is 9.47 Å². The van der Waals surface area contributed by atoms with Crippen LogP contribution in [0.15, 0.2) is 77.7 Å². The standard InChI is InChI=1S/C32H41N3O6S/c1-7-24(4)33-32(37)28(8-2)34(21-25-15-13-12-14-23(25)3)31(36)22-35(42(38,39)27-16-10-9-11-17-27)29-20-26(40-5)18-19-30(29)41-6/h9-20,24,28H,7-8,21-22H2,1-6H3,(H,33,37)/t24-,28-/m0/s1. The lowest BCUT2D eigenvalue weighted by Crippen LogP contribution is -2.53. The van der Waals surface area contributed by atoms with Crippen molar-refractivity contribution in [2.75, 3.05) is 25.1 Å². The molecule has 0 unspecified atom stereocenters. The van der Waals surface area contributed by atoms with Gasteiger partial charge >= 0.3 is 0 Å². The summed E-state index contributed by atoms with van der Waals surface area (Å²) in [6.45, 7) is 7.21. The molecule has 0 bridgehead atoms. The second-order valence-corrected chi connectivity index (χ2v) is 11.9. The van der Waals surface area contributed by atoms with E-state index in [0.717, 1.165) is 21.9 Å². The summed E-state index contributed by atoms with van der Waals surface area (Å²) < 4.78 is 40.1. The first-order valence-corrected chi connectivity index (χ1v) is 15.4. The molecule has 0 aliphatic heterocycles. The van der Waals surface area contributed by atoms with Crippen molar-refractivity contribution in [3.05, 3.63) is 83.9 Å². The highest BCUT2D eigenvalue weighted by Gasteiger charge is 2.35. The van der Waals surface area contributed by atoms with Crippen LogP contribution >= 0.6 is 0 Å². The molecular weight excluding hydrogens is 554 g/mol. The maximum absolute atomic E-state index is 14.3. The predicted molar refractivity (Wildman–Crippen MR) is 164 cm³/mol. The molecule has 0 spiro atoms. The van der Waals surface area contributed by atoms with E-state index in [1.54, 1.807) is 30.3 Å². The molecule has 2 amide bonds. The number of ether oxygens (including phenoxy) is 2. The molecule has 2 atom stereocenters. The Bertz CT molecular complexity index is 1460. The van der Waals surface area contributed by atoms with Crippen LogP contribution < -0.4 is 19.1 Å². The number of hydrogen-bond donors (Lipinski definition) is 1. The number of anilines is 1. The summed E-state index contributed by atoms with van der Waals surface area (Å²) >= 11 is 0. The molecule has 0 aliphatic carbocycles. The lowest BCUT2D eigenvalue weighted by molar-refractivity contribution is -0.140. The van der Waals surface area contributed by atoms with Crippen LogP contribution in [-0.2, 0) is 26.2 Å². The molecule has 0 saturated carbocycles. The second kappa shape index (κ2) is 14.7. The van der Waals surface area contributed by atoms with Crippen LogP contribution in [-0.4, -0.2) is 58.0 Å². The largest absolute Gasteiger partial charge is 0.497 e. The molecule has 226 valence electrons. The fourth-order valence-corrected chi connectivity index (χ4v) is 5.99. The highest BCUT2D eigenvalue weighted by molar-refractivity contribution is 7.92. The Balaban J connectivity index is 2.15. The number of nitrogens with zero attached hydrogens (tertiary/aromatic N) is 2. The highest BCUT2D eigenvalue weighted by atomic mass is 32.2. The first-order valence-electron chi connectivity index (χ1n) is 14.0. The number of amides is 2. The first kappa shape index (κ1) is 32.5. The summed E-state index contributed by atoms with van der Waals surface area (Å²) in [7, 11) is -1.35. The fourth-order valence-electron chi connectivity index (χ4n) is 4.56. The minimum Gasteiger partial charge on any atom is -0.497 e. The fraction of sp³-hybridized carbons (Fsp3) is 0.375. The quantitative estimate of drug-likeness (QED) is 0.283. The molecule has 42 heavy (non-hydrogen) atoms. The van der Waals surface area contributed by atoms with Crippen molar-refractivity contribution in [1.29, 1.82) is 0 Å². The lowest BCUT2D eigenvalue weighted by Gasteiger charge is -2.34. The molecule has 0 saturated heterocycles. The van der Waals surface area contributed by atoms with Crippen molar-refractivity contribution in [3.63, 3.8) is 0 Å².